The summed E-state index contributed by atoms with van der Waals surface area (Å²) in [5, 5.41) is 0. The van der Waals surface area contributed by atoms with Gasteiger partial charge in [0.2, 0.25) is 0 Å². The van der Waals surface area contributed by atoms with Crippen LogP contribution in [0.3, 0.4) is 0 Å². The number of hydrogen-bond acceptors (Lipinski definition) is 5. The minimum Gasteiger partial charge on any atom is -0.382 e. The molecule has 2 aromatic rings. The van der Waals surface area contributed by atoms with E-state index in [-0.39, 0.29) is 0 Å². The Bertz CT molecular complexity index is 453. The topological polar surface area (TPSA) is 78.9 Å². The number of aromatic nitrogens is 4. The third-order valence-corrected chi connectivity index (χ3v) is 2.01. The van der Waals surface area contributed by atoms with Crippen LogP contribution in [-0.4, -0.2) is 26.1 Å². The number of imidazole rings is 1. The highest BCUT2D eigenvalue weighted by molar-refractivity contribution is 5.80. The van der Waals surface area contributed by atoms with Crippen LogP contribution in [0.15, 0.2) is 12.7 Å². The van der Waals surface area contributed by atoms with Gasteiger partial charge >= 0.3 is 0 Å². The van der Waals surface area contributed by atoms with Gasteiger partial charge in [-0.15, -0.1) is 0 Å². The summed E-state index contributed by atoms with van der Waals surface area (Å²) in [6.45, 7) is 3.23. The van der Waals surface area contributed by atoms with E-state index in [0.29, 0.717) is 23.7 Å². The second-order valence-electron chi connectivity index (χ2n) is 3.18. The molecule has 0 saturated heterocycles. The van der Waals surface area contributed by atoms with Gasteiger partial charge in [0, 0.05) is 6.61 Å². The van der Waals surface area contributed by atoms with Crippen molar-refractivity contribution >= 4 is 17.0 Å². The van der Waals surface area contributed by atoms with Crippen molar-refractivity contribution < 1.29 is 4.74 Å². The van der Waals surface area contributed by atoms with Crippen molar-refractivity contribution in [3.05, 3.63) is 12.7 Å². The highest BCUT2D eigenvalue weighted by Gasteiger charge is 2.06. The van der Waals surface area contributed by atoms with E-state index in [1.165, 1.54) is 6.33 Å². The van der Waals surface area contributed by atoms with Crippen molar-refractivity contribution in [2.45, 2.75) is 20.1 Å². The predicted molar refractivity (Wildman–Crippen MR) is 56.0 cm³/mol. The second-order valence-corrected chi connectivity index (χ2v) is 3.18. The van der Waals surface area contributed by atoms with E-state index in [4.69, 9.17) is 10.5 Å². The molecule has 0 saturated carbocycles. The van der Waals surface area contributed by atoms with Gasteiger partial charge in [-0.1, -0.05) is 6.92 Å². The monoisotopic (exact) mass is 207 g/mol. The molecule has 6 nitrogen and oxygen atoms in total. The maximum atomic E-state index is 5.66. The second kappa shape index (κ2) is 4.22. The number of hydrogen-bond donors (Lipinski definition) is 1. The van der Waals surface area contributed by atoms with Crippen LogP contribution >= 0.6 is 0 Å². The van der Waals surface area contributed by atoms with Crippen LogP contribution in [-0.2, 0) is 11.5 Å². The molecule has 0 amide bonds. The molecule has 0 fully saturated rings. The lowest BCUT2D eigenvalue weighted by atomic mass is 10.5. The molecular weight excluding hydrogens is 194 g/mol. The number of nitrogens with two attached hydrogens (primary N) is 1. The third-order valence-electron chi connectivity index (χ3n) is 2.01. The fourth-order valence-electron chi connectivity index (χ4n) is 1.30. The van der Waals surface area contributed by atoms with Crippen molar-refractivity contribution in [3.8, 4) is 0 Å². The summed E-state index contributed by atoms with van der Waals surface area (Å²) in [4.78, 5) is 12.1. The zero-order valence-corrected chi connectivity index (χ0v) is 8.55. The maximum Gasteiger partial charge on any atom is 0.167 e. The molecule has 6 heteroatoms. The summed E-state index contributed by atoms with van der Waals surface area (Å²) in [5.41, 5.74) is 6.99. The summed E-state index contributed by atoms with van der Waals surface area (Å²) in [6, 6.07) is 0. The molecule has 0 spiro atoms. The Labute approximate surface area is 87.1 Å². The molecule has 0 aliphatic rings. The van der Waals surface area contributed by atoms with E-state index in [1.807, 2.05) is 4.57 Å². The van der Waals surface area contributed by atoms with Crippen molar-refractivity contribution in [3.63, 3.8) is 0 Å². The molecule has 0 bridgehead atoms. The van der Waals surface area contributed by atoms with E-state index >= 15 is 0 Å². The predicted octanol–water partition coefficient (Wildman–Crippen LogP) is 0.793. The first kappa shape index (κ1) is 9.85. The summed E-state index contributed by atoms with van der Waals surface area (Å²) >= 11 is 0. The molecule has 0 radical (unpaired) electrons. The molecular formula is C9H13N5O. The van der Waals surface area contributed by atoms with Crippen LogP contribution in [0.25, 0.3) is 11.2 Å². The molecule has 2 N–H and O–H groups in total. The maximum absolute atomic E-state index is 5.66. The van der Waals surface area contributed by atoms with E-state index in [0.717, 1.165) is 13.0 Å². The van der Waals surface area contributed by atoms with Crippen LogP contribution in [0, 0.1) is 0 Å². The fraction of sp³-hybridized carbons (Fsp3) is 0.444. The van der Waals surface area contributed by atoms with Crippen LogP contribution in [0.2, 0.25) is 0 Å². The highest BCUT2D eigenvalue weighted by atomic mass is 16.5. The van der Waals surface area contributed by atoms with Gasteiger partial charge in [0.15, 0.2) is 11.5 Å². The summed E-state index contributed by atoms with van der Waals surface area (Å²) in [6.07, 6.45) is 4.07. The molecule has 2 aromatic heterocycles. The molecule has 2 rings (SSSR count). The largest absolute Gasteiger partial charge is 0.382 e. The Morgan fingerprint density at radius 2 is 2.27 bits per heavy atom. The Morgan fingerprint density at radius 3 is 3.07 bits per heavy atom. The number of nitrogens with zero attached hydrogens (tertiary/aromatic N) is 4. The van der Waals surface area contributed by atoms with Crippen molar-refractivity contribution in [2.75, 3.05) is 12.3 Å². The molecule has 2 heterocycles. The van der Waals surface area contributed by atoms with Gasteiger partial charge in [0.05, 0.1) is 6.33 Å². The molecule has 0 unspecified atom stereocenters. The van der Waals surface area contributed by atoms with Crippen LogP contribution in [0.1, 0.15) is 13.3 Å². The summed E-state index contributed by atoms with van der Waals surface area (Å²) < 4.78 is 7.21. The van der Waals surface area contributed by atoms with Gasteiger partial charge in [-0.05, 0) is 6.42 Å². The molecule has 0 aromatic carbocycles. The average Bonchev–Trinajstić information content (AvgIpc) is 2.64. The van der Waals surface area contributed by atoms with Crippen molar-refractivity contribution in [2.24, 2.45) is 0 Å². The number of fused-ring (bicyclic) bond motifs is 1. The minimum absolute atomic E-state index is 0.397. The van der Waals surface area contributed by atoms with E-state index in [9.17, 15) is 0 Å². The Morgan fingerprint density at radius 1 is 1.40 bits per heavy atom. The Hall–Kier alpha value is -1.69. The lowest BCUT2D eigenvalue weighted by Crippen LogP contribution is -2.03. The van der Waals surface area contributed by atoms with Crippen LogP contribution in [0.5, 0.6) is 0 Å². The summed E-state index contributed by atoms with van der Waals surface area (Å²) in [5.74, 6) is 0.397. The SMILES string of the molecule is CCCOCn1cnc2c(N)ncnc21. The number of nitrogen functional groups attached to an aromatic ring is 1. The zero-order valence-electron chi connectivity index (χ0n) is 8.55. The first-order valence-electron chi connectivity index (χ1n) is 4.82. The van der Waals surface area contributed by atoms with Crippen molar-refractivity contribution in [1.29, 1.82) is 0 Å². The van der Waals surface area contributed by atoms with Crippen LogP contribution < -0.4 is 5.73 Å². The van der Waals surface area contributed by atoms with Crippen molar-refractivity contribution in [1.82, 2.24) is 19.5 Å². The first-order chi connectivity index (χ1) is 7.33. The highest BCUT2D eigenvalue weighted by Crippen LogP contribution is 2.13. The Kier molecular flexibility index (Phi) is 2.77. The molecule has 0 aliphatic carbocycles. The van der Waals surface area contributed by atoms with E-state index in [2.05, 4.69) is 21.9 Å². The quantitative estimate of drug-likeness (QED) is 0.750. The number of anilines is 1. The van der Waals surface area contributed by atoms with Gasteiger partial charge < -0.3 is 10.5 Å². The lowest BCUT2D eigenvalue weighted by Gasteiger charge is -2.03. The summed E-state index contributed by atoms with van der Waals surface area (Å²) in [7, 11) is 0. The first-order valence-corrected chi connectivity index (χ1v) is 4.82. The minimum atomic E-state index is 0.397. The molecule has 15 heavy (non-hydrogen) atoms. The van der Waals surface area contributed by atoms with E-state index in [1.54, 1.807) is 6.33 Å². The lowest BCUT2D eigenvalue weighted by molar-refractivity contribution is 0.0797. The van der Waals surface area contributed by atoms with Crippen LogP contribution in [0.4, 0.5) is 5.82 Å². The van der Waals surface area contributed by atoms with E-state index < -0.39 is 0 Å². The van der Waals surface area contributed by atoms with Gasteiger partial charge in [-0.25, -0.2) is 15.0 Å². The van der Waals surface area contributed by atoms with Gasteiger partial charge in [0.25, 0.3) is 0 Å². The normalized spacial score (nSPS) is 11.0. The Balaban J connectivity index is 2.25. The fourth-order valence-corrected chi connectivity index (χ4v) is 1.30. The smallest absolute Gasteiger partial charge is 0.167 e. The standard InChI is InChI=1S/C9H13N5O/c1-2-3-15-6-14-5-13-7-8(10)11-4-12-9(7)14/h4-5H,2-3,6H2,1H3,(H2,10,11,12). The van der Waals surface area contributed by atoms with Gasteiger partial charge in [0.1, 0.15) is 18.6 Å². The zero-order chi connectivity index (χ0) is 10.7. The van der Waals surface area contributed by atoms with Gasteiger partial charge in [-0.2, -0.15) is 0 Å². The molecule has 0 aliphatic heterocycles. The average molecular weight is 207 g/mol. The molecule has 0 atom stereocenters. The third kappa shape index (κ3) is 1.89. The molecule has 80 valence electrons. The van der Waals surface area contributed by atoms with Gasteiger partial charge in [-0.3, -0.25) is 4.57 Å². The number of rotatable bonds is 4. The number of ether oxygens (including phenoxy) is 1.